The summed E-state index contributed by atoms with van der Waals surface area (Å²) < 4.78 is 27.3. The number of anilines is 2. The largest absolute Gasteiger partial charge is 0.458 e. The van der Waals surface area contributed by atoms with Crippen LogP contribution in [0.2, 0.25) is 0 Å². The van der Waals surface area contributed by atoms with Gasteiger partial charge in [-0.1, -0.05) is 42.4 Å². The number of ether oxygens (including phenoxy) is 4. The molecule has 4 aromatic rings. The number of hydrogen-bond acceptors (Lipinski definition) is 15. The van der Waals surface area contributed by atoms with Crippen LogP contribution >= 0.6 is 0 Å². The quantitative estimate of drug-likeness (QED) is 0.0970. The second kappa shape index (κ2) is 19.3. The number of aliphatic hydroxyl groups excluding tert-OH is 1. The number of aromatic nitrogens is 3. The molecule has 3 heterocycles. The molecule has 3 aromatic heterocycles. The number of pyridine rings is 2. The van der Waals surface area contributed by atoms with E-state index < -0.39 is 72.3 Å². The molecule has 0 fully saturated rings. The van der Waals surface area contributed by atoms with Gasteiger partial charge in [-0.15, -0.1) is 0 Å². The monoisotopic (exact) mass is 759 g/mol. The van der Waals surface area contributed by atoms with Crippen molar-refractivity contribution in [1.82, 2.24) is 15.1 Å². The fourth-order valence-electron chi connectivity index (χ4n) is 6.32. The Hall–Kier alpha value is -6.16. The number of aliphatic hydroxyl groups is 1. The number of rotatable bonds is 17. The lowest BCUT2D eigenvalue weighted by Crippen LogP contribution is -2.55. The number of carbonyl (C=O) groups excluding carboxylic acids is 5. The molecular formula is C39H45N5O11. The third-order valence-electron chi connectivity index (χ3n) is 8.50. The van der Waals surface area contributed by atoms with E-state index in [2.05, 4.69) is 25.8 Å². The number of para-hydroxylation sites is 1. The van der Waals surface area contributed by atoms with Crippen LogP contribution in [0.25, 0.3) is 0 Å². The molecule has 16 nitrogen and oxygen atoms in total. The van der Waals surface area contributed by atoms with Crippen LogP contribution < -0.4 is 10.6 Å². The molecule has 1 amide bonds. The standard InChI is InChI=1S/C39H45N5O11/c1-8-30(51-23(4)45)36(52-24(5)46)37(53-25(6)47)38(54-26(7)48)39(50)42-28-16-10-9-15-27(28)34(43-31-18-12-14-20-41-31)33(29-17-11-13-19-40-29)35(49)32-21(2)44-55-22(32)3/h9-20,30,33-38,49H,8H2,1-7H3,(H,41,43)(H,42,50)/t30-,33?,34?,35?,36-,37+,38-/m0/s1. The summed E-state index contributed by atoms with van der Waals surface area (Å²) in [5.41, 5.74) is 1.99. The highest BCUT2D eigenvalue weighted by Crippen LogP contribution is 2.45. The summed E-state index contributed by atoms with van der Waals surface area (Å²) in [6.07, 6.45) is -4.49. The second-order valence-electron chi connectivity index (χ2n) is 12.6. The fourth-order valence-corrected chi connectivity index (χ4v) is 6.32. The average Bonchev–Trinajstić information content (AvgIpc) is 3.48. The van der Waals surface area contributed by atoms with Crippen LogP contribution in [-0.4, -0.2) is 74.4 Å². The van der Waals surface area contributed by atoms with Gasteiger partial charge in [0.15, 0.2) is 12.2 Å². The molecule has 7 atom stereocenters. The van der Waals surface area contributed by atoms with E-state index in [1.165, 1.54) is 0 Å². The number of amides is 1. The zero-order chi connectivity index (χ0) is 40.2. The molecule has 55 heavy (non-hydrogen) atoms. The molecule has 0 bridgehead atoms. The molecule has 0 spiro atoms. The van der Waals surface area contributed by atoms with Gasteiger partial charge >= 0.3 is 23.9 Å². The Bertz CT molecular complexity index is 1920. The van der Waals surface area contributed by atoms with Gasteiger partial charge in [0.1, 0.15) is 17.7 Å². The molecule has 0 aliphatic carbocycles. The lowest BCUT2D eigenvalue weighted by atomic mass is 9.81. The first-order valence-corrected chi connectivity index (χ1v) is 17.5. The van der Waals surface area contributed by atoms with Gasteiger partial charge in [0, 0.05) is 57.0 Å². The Morgan fingerprint density at radius 1 is 0.764 bits per heavy atom. The molecular weight excluding hydrogens is 714 g/mol. The Kier molecular flexibility index (Phi) is 14.6. The Balaban J connectivity index is 1.88. The zero-order valence-electron chi connectivity index (χ0n) is 31.5. The normalized spacial score (nSPS) is 14.8. The van der Waals surface area contributed by atoms with Gasteiger partial charge in [0.05, 0.1) is 23.8 Å². The molecule has 3 N–H and O–H groups in total. The summed E-state index contributed by atoms with van der Waals surface area (Å²) in [4.78, 5) is 72.9. The second-order valence-corrected chi connectivity index (χ2v) is 12.6. The van der Waals surface area contributed by atoms with Crippen LogP contribution in [0, 0.1) is 13.8 Å². The summed E-state index contributed by atoms with van der Waals surface area (Å²) in [6, 6.07) is 16.3. The minimum absolute atomic E-state index is 0.0653. The maximum Gasteiger partial charge on any atom is 0.303 e. The van der Waals surface area contributed by atoms with Gasteiger partial charge in [0.2, 0.25) is 6.10 Å². The first-order chi connectivity index (χ1) is 26.2. The van der Waals surface area contributed by atoms with Crippen LogP contribution in [0.1, 0.15) is 87.4 Å². The lowest BCUT2D eigenvalue weighted by molar-refractivity contribution is -0.198. The average molecular weight is 760 g/mol. The van der Waals surface area contributed by atoms with Crippen molar-refractivity contribution in [3.8, 4) is 0 Å². The van der Waals surface area contributed by atoms with Crippen molar-refractivity contribution in [2.24, 2.45) is 0 Å². The van der Waals surface area contributed by atoms with E-state index in [0.29, 0.717) is 34.1 Å². The highest BCUT2D eigenvalue weighted by Gasteiger charge is 2.46. The molecule has 16 heteroatoms. The number of hydrogen-bond donors (Lipinski definition) is 3. The Labute approximate surface area is 317 Å². The van der Waals surface area contributed by atoms with Crippen LogP contribution in [0.5, 0.6) is 0 Å². The van der Waals surface area contributed by atoms with Crippen molar-refractivity contribution in [3.63, 3.8) is 0 Å². The number of nitrogens with one attached hydrogen (secondary N) is 2. The maximum absolute atomic E-state index is 14.4. The van der Waals surface area contributed by atoms with Crippen molar-refractivity contribution >= 4 is 41.3 Å². The highest BCUT2D eigenvalue weighted by molar-refractivity contribution is 5.97. The molecule has 1 aromatic carbocycles. The van der Waals surface area contributed by atoms with Gasteiger partial charge in [-0.05, 0) is 56.2 Å². The van der Waals surface area contributed by atoms with E-state index >= 15 is 0 Å². The van der Waals surface area contributed by atoms with Crippen molar-refractivity contribution in [3.05, 3.63) is 101 Å². The summed E-state index contributed by atoms with van der Waals surface area (Å²) in [7, 11) is 0. The smallest absolute Gasteiger partial charge is 0.303 e. The van der Waals surface area contributed by atoms with Crippen LogP contribution in [-0.2, 0) is 42.9 Å². The molecule has 292 valence electrons. The molecule has 4 rings (SSSR count). The zero-order valence-corrected chi connectivity index (χ0v) is 31.5. The summed E-state index contributed by atoms with van der Waals surface area (Å²) in [5, 5.41) is 22.5. The minimum Gasteiger partial charge on any atom is -0.458 e. The third kappa shape index (κ3) is 10.9. The number of carbonyl (C=O) groups is 5. The lowest BCUT2D eigenvalue weighted by Gasteiger charge is -2.35. The highest BCUT2D eigenvalue weighted by atomic mass is 16.6. The van der Waals surface area contributed by atoms with Crippen LogP contribution in [0.15, 0.2) is 77.6 Å². The van der Waals surface area contributed by atoms with E-state index in [4.69, 9.17) is 23.5 Å². The van der Waals surface area contributed by atoms with Gasteiger partial charge in [-0.25, -0.2) is 4.98 Å². The van der Waals surface area contributed by atoms with E-state index in [1.807, 2.05) is 0 Å². The Morgan fingerprint density at radius 2 is 1.36 bits per heavy atom. The van der Waals surface area contributed by atoms with E-state index in [-0.39, 0.29) is 12.1 Å². The van der Waals surface area contributed by atoms with E-state index in [9.17, 15) is 29.1 Å². The molecule has 0 radical (unpaired) electrons. The molecule has 0 aliphatic rings. The number of nitrogens with zero attached hydrogens (tertiary/aromatic N) is 3. The van der Waals surface area contributed by atoms with Crippen LogP contribution in [0.3, 0.4) is 0 Å². The van der Waals surface area contributed by atoms with E-state index in [0.717, 1.165) is 27.7 Å². The van der Waals surface area contributed by atoms with Crippen molar-refractivity contribution in [2.75, 3.05) is 10.6 Å². The fraction of sp³-hybridized carbons (Fsp3) is 0.385. The summed E-state index contributed by atoms with van der Waals surface area (Å²) in [6.45, 7) is 9.34. The third-order valence-corrected chi connectivity index (χ3v) is 8.50. The number of aryl methyl sites for hydroxylation is 2. The van der Waals surface area contributed by atoms with Gasteiger partial charge in [-0.3, -0.25) is 29.0 Å². The van der Waals surface area contributed by atoms with Gasteiger partial charge in [0.25, 0.3) is 5.91 Å². The van der Waals surface area contributed by atoms with Gasteiger partial charge < -0.3 is 39.2 Å². The predicted molar refractivity (Wildman–Crippen MR) is 196 cm³/mol. The summed E-state index contributed by atoms with van der Waals surface area (Å²) in [5.74, 6) is -4.46. The molecule has 0 aliphatic heterocycles. The summed E-state index contributed by atoms with van der Waals surface area (Å²) >= 11 is 0. The molecule has 0 saturated carbocycles. The van der Waals surface area contributed by atoms with Crippen molar-refractivity contribution < 1.29 is 52.5 Å². The predicted octanol–water partition coefficient (Wildman–Crippen LogP) is 4.83. The SMILES string of the molecule is CC[C@H](OC(C)=O)[C@H](OC(C)=O)[C@@H](OC(C)=O)[C@H](OC(C)=O)C(=O)Nc1ccccc1C(Nc1ccccn1)C(c1ccccn1)C(O)c1c(C)noc1C. The topological polar surface area (TPSA) is 218 Å². The minimum atomic E-state index is -1.93. The maximum atomic E-state index is 14.4. The number of esters is 4. The first-order valence-electron chi connectivity index (χ1n) is 17.5. The van der Waals surface area contributed by atoms with Crippen LogP contribution in [0.4, 0.5) is 11.5 Å². The molecule has 3 unspecified atom stereocenters. The molecule has 0 saturated heterocycles. The number of benzene rings is 1. The van der Waals surface area contributed by atoms with Crippen molar-refractivity contribution in [2.45, 2.75) is 97.4 Å². The Morgan fingerprint density at radius 3 is 1.91 bits per heavy atom. The van der Waals surface area contributed by atoms with E-state index in [1.54, 1.807) is 93.8 Å². The first kappa shape index (κ1) is 41.6. The van der Waals surface area contributed by atoms with Gasteiger partial charge in [-0.2, -0.15) is 0 Å². The van der Waals surface area contributed by atoms with Crippen molar-refractivity contribution in [1.29, 1.82) is 0 Å².